The van der Waals surface area contributed by atoms with Gasteiger partial charge in [0, 0.05) is 10.8 Å². The fraction of sp³-hybridized carbons (Fsp3) is 0.615. The second-order valence-electron chi connectivity index (χ2n) is 5.40. The van der Waals surface area contributed by atoms with Crippen molar-refractivity contribution in [3.05, 3.63) is 27.9 Å². The molecule has 1 unspecified atom stereocenters. The van der Waals surface area contributed by atoms with E-state index in [0.29, 0.717) is 0 Å². The van der Waals surface area contributed by atoms with Crippen LogP contribution in [0.5, 0.6) is 0 Å². The zero-order valence-corrected chi connectivity index (χ0v) is 11.4. The third kappa shape index (κ3) is 2.87. The lowest BCUT2D eigenvalue weighted by Gasteiger charge is -2.18. The van der Waals surface area contributed by atoms with Gasteiger partial charge in [0.25, 0.3) is 0 Å². The average molecular weight is 253 g/mol. The Balaban J connectivity index is 2.17. The molecular weight excluding hydrogens is 234 g/mol. The molecule has 0 saturated carbocycles. The molecule has 1 aromatic rings. The minimum atomic E-state index is -0.609. The fourth-order valence-electron chi connectivity index (χ4n) is 1.73. The summed E-state index contributed by atoms with van der Waals surface area (Å²) >= 11 is 1.61. The van der Waals surface area contributed by atoms with Gasteiger partial charge in [-0.3, -0.25) is 0 Å². The summed E-state index contributed by atoms with van der Waals surface area (Å²) in [6.45, 7) is 7.14. The Morgan fingerprint density at radius 1 is 1.47 bits per heavy atom. The van der Waals surface area contributed by atoms with Crippen LogP contribution in [-0.2, 0) is 10.2 Å². The molecule has 1 aromatic heterocycles. The van der Waals surface area contributed by atoms with E-state index in [4.69, 9.17) is 4.74 Å². The summed E-state index contributed by atoms with van der Waals surface area (Å²) in [6, 6.07) is 0. The average Bonchev–Trinajstić information content (AvgIpc) is 2.78. The summed E-state index contributed by atoms with van der Waals surface area (Å²) in [5.74, 6) is 0. The van der Waals surface area contributed by atoms with E-state index in [0.717, 1.165) is 35.7 Å². The SMILES string of the molecule is CC(C)(C)c1nc(C(O)C2=COCCC2)cs1. The normalized spacial score (nSPS) is 18.5. The summed E-state index contributed by atoms with van der Waals surface area (Å²) in [4.78, 5) is 4.53. The largest absolute Gasteiger partial charge is 0.501 e. The second-order valence-corrected chi connectivity index (χ2v) is 6.26. The maximum absolute atomic E-state index is 10.2. The molecule has 1 atom stereocenters. The molecule has 0 aromatic carbocycles. The van der Waals surface area contributed by atoms with Crippen LogP contribution in [0.25, 0.3) is 0 Å². The van der Waals surface area contributed by atoms with E-state index in [2.05, 4.69) is 25.8 Å². The molecule has 1 aliphatic rings. The Kier molecular flexibility index (Phi) is 3.54. The fourth-order valence-corrected chi connectivity index (χ4v) is 2.66. The van der Waals surface area contributed by atoms with Crippen molar-refractivity contribution in [2.24, 2.45) is 0 Å². The maximum atomic E-state index is 10.2. The number of hydrogen-bond donors (Lipinski definition) is 1. The van der Waals surface area contributed by atoms with Gasteiger partial charge in [0.15, 0.2) is 0 Å². The first-order valence-corrected chi connectivity index (χ1v) is 6.81. The van der Waals surface area contributed by atoms with Crippen molar-refractivity contribution < 1.29 is 9.84 Å². The van der Waals surface area contributed by atoms with Crippen LogP contribution in [0.2, 0.25) is 0 Å². The molecular formula is C13H19NO2S. The van der Waals surface area contributed by atoms with Crippen LogP contribution in [0.15, 0.2) is 17.2 Å². The van der Waals surface area contributed by atoms with Crippen molar-refractivity contribution >= 4 is 11.3 Å². The number of thiazole rings is 1. The zero-order valence-electron chi connectivity index (χ0n) is 10.6. The molecule has 1 N–H and O–H groups in total. The number of hydrogen-bond acceptors (Lipinski definition) is 4. The Morgan fingerprint density at radius 2 is 2.24 bits per heavy atom. The molecule has 0 spiro atoms. The summed E-state index contributed by atoms with van der Waals surface area (Å²) in [7, 11) is 0. The Hall–Kier alpha value is -0.870. The van der Waals surface area contributed by atoms with Crippen molar-refractivity contribution in [2.75, 3.05) is 6.61 Å². The van der Waals surface area contributed by atoms with E-state index in [1.165, 1.54) is 0 Å². The van der Waals surface area contributed by atoms with Gasteiger partial charge >= 0.3 is 0 Å². The highest BCUT2D eigenvalue weighted by Crippen LogP contribution is 2.32. The number of aromatic nitrogens is 1. The smallest absolute Gasteiger partial charge is 0.121 e. The molecule has 0 radical (unpaired) electrons. The van der Waals surface area contributed by atoms with Crippen LogP contribution < -0.4 is 0 Å². The minimum Gasteiger partial charge on any atom is -0.501 e. The van der Waals surface area contributed by atoms with Crippen LogP contribution in [-0.4, -0.2) is 16.7 Å². The van der Waals surface area contributed by atoms with Crippen molar-refractivity contribution in [2.45, 2.75) is 45.1 Å². The molecule has 0 amide bonds. The first-order chi connectivity index (χ1) is 7.98. The Labute approximate surface area is 106 Å². The molecule has 17 heavy (non-hydrogen) atoms. The first-order valence-electron chi connectivity index (χ1n) is 5.93. The van der Waals surface area contributed by atoms with Gasteiger partial charge in [-0.05, 0) is 18.4 Å². The molecule has 94 valence electrons. The van der Waals surface area contributed by atoms with Crippen molar-refractivity contribution in [1.29, 1.82) is 0 Å². The zero-order chi connectivity index (χ0) is 12.5. The highest BCUT2D eigenvalue weighted by atomic mass is 32.1. The van der Waals surface area contributed by atoms with Gasteiger partial charge in [-0.2, -0.15) is 0 Å². The van der Waals surface area contributed by atoms with Gasteiger partial charge in [-0.25, -0.2) is 4.98 Å². The third-order valence-corrected chi connectivity index (χ3v) is 4.04. The number of ether oxygens (including phenoxy) is 1. The molecule has 2 heterocycles. The van der Waals surface area contributed by atoms with Crippen LogP contribution in [0.4, 0.5) is 0 Å². The van der Waals surface area contributed by atoms with Gasteiger partial charge in [0.1, 0.15) is 6.10 Å². The van der Waals surface area contributed by atoms with E-state index in [1.54, 1.807) is 17.6 Å². The molecule has 0 aliphatic carbocycles. The third-order valence-electron chi connectivity index (χ3n) is 2.76. The van der Waals surface area contributed by atoms with Gasteiger partial charge in [-0.15, -0.1) is 11.3 Å². The van der Waals surface area contributed by atoms with Crippen molar-refractivity contribution in [1.82, 2.24) is 4.98 Å². The predicted octanol–water partition coefficient (Wildman–Crippen LogP) is 3.17. The highest BCUT2D eigenvalue weighted by molar-refractivity contribution is 7.09. The second kappa shape index (κ2) is 4.78. The highest BCUT2D eigenvalue weighted by Gasteiger charge is 2.23. The van der Waals surface area contributed by atoms with E-state index < -0.39 is 6.10 Å². The van der Waals surface area contributed by atoms with Gasteiger partial charge in [-0.1, -0.05) is 20.8 Å². The first kappa shape index (κ1) is 12.6. The minimum absolute atomic E-state index is 0.0417. The Morgan fingerprint density at radius 3 is 2.76 bits per heavy atom. The van der Waals surface area contributed by atoms with Crippen LogP contribution >= 0.6 is 11.3 Å². The topological polar surface area (TPSA) is 42.4 Å². The summed E-state index contributed by atoms with van der Waals surface area (Å²) in [5, 5.41) is 13.2. The van der Waals surface area contributed by atoms with Gasteiger partial charge < -0.3 is 9.84 Å². The quantitative estimate of drug-likeness (QED) is 0.880. The molecule has 0 bridgehead atoms. The van der Waals surface area contributed by atoms with Crippen LogP contribution in [0, 0.1) is 0 Å². The number of aliphatic hydroxyl groups excluding tert-OH is 1. The van der Waals surface area contributed by atoms with E-state index in [1.807, 2.05) is 5.38 Å². The van der Waals surface area contributed by atoms with Crippen LogP contribution in [0.3, 0.4) is 0 Å². The van der Waals surface area contributed by atoms with Crippen molar-refractivity contribution in [3.63, 3.8) is 0 Å². The lowest BCUT2D eigenvalue weighted by Crippen LogP contribution is -2.12. The van der Waals surface area contributed by atoms with E-state index in [9.17, 15) is 5.11 Å². The van der Waals surface area contributed by atoms with Crippen molar-refractivity contribution in [3.8, 4) is 0 Å². The summed E-state index contributed by atoms with van der Waals surface area (Å²) in [6.07, 6.45) is 2.94. The maximum Gasteiger partial charge on any atom is 0.121 e. The van der Waals surface area contributed by atoms with Crippen LogP contribution in [0.1, 0.15) is 50.4 Å². The number of nitrogens with zero attached hydrogens (tertiary/aromatic N) is 1. The molecule has 1 aliphatic heterocycles. The van der Waals surface area contributed by atoms with E-state index >= 15 is 0 Å². The van der Waals surface area contributed by atoms with E-state index in [-0.39, 0.29) is 5.41 Å². The van der Waals surface area contributed by atoms with Gasteiger partial charge in [0.05, 0.1) is 23.6 Å². The van der Waals surface area contributed by atoms with Gasteiger partial charge in [0.2, 0.25) is 0 Å². The molecule has 3 nitrogen and oxygen atoms in total. The lowest BCUT2D eigenvalue weighted by molar-refractivity contribution is 0.168. The summed E-state index contributed by atoms with van der Waals surface area (Å²) < 4.78 is 5.25. The molecule has 0 fully saturated rings. The monoisotopic (exact) mass is 253 g/mol. The number of rotatable bonds is 2. The Bertz CT molecular complexity index is 417. The standard InChI is InChI=1S/C13H19NO2S/c1-13(2,3)12-14-10(8-17-12)11(15)9-5-4-6-16-7-9/h7-8,11,15H,4-6H2,1-3H3. The lowest BCUT2D eigenvalue weighted by atomic mass is 9.98. The molecule has 2 rings (SSSR count). The molecule has 0 saturated heterocycles. The predicted molar refractivity (Wildman–Crippen MR) is 69.0 cm³/mol. The number of aliphatic hydroxyl groups is 1. The summed E-state index contributed by atoms with van der Waals surface area (Å²) in [5.41, 5.74) is 1.72. The molecule has 4 heteroatoms.